The van der Waals surface area contributed by atoms with Crippen LogP contribution >= 0.6 is 0 Å². The van der Waals surface area contributed by atoms with E-state index in [4.69, 9.17) is 9.15 Å². The van der Waals surface area contributed by atoms with Gasteiger partial charge in [0.2, 0.25) is 11.8 Å². The van der Waals surface area contributed by atoms with Crippen molar-refractivity contribution in [3.8, 4) is 11.5 Å². The van der Waals surface area contributed by atoms with Crippen molar-refractivity contribution in [1.29, 1.82) is 0 Å². The fourth-order valence-corrected chi connectivity index (χ4v) is 1.82. The van der Waals surface area contributed by atoms with Crippen molar-refractivity contribution in [3.05, 3.63) is 35.7 Å². The zero-order valence-electron chi connectivity index (χ0n) is 13.9. The van der Waals surface area contributed by atoms with Crippen molar-refractivity contribution in [3.63, 3.8) is 0 Å². The maximum Gasteiger partial charge on any atom is 0.321 e. The first kappa shape index (κ1) is 18.1. The fourth-order valence-electron chi connectivity index (χ4n) is 1.82. The van der Waals surface area contributed by atoms with E-state index < -0.39 is 24.5 Å². The second-order valence-electron chi connectivity index (χ2n) is 5.15. The molecule has 25 heavy (non-hydrogen) atoms. The molecular weight excluding hydrogens is 328 g/mol. The maximum atomic E-state index is 11.6. The van der Waals surface area contributed by atoms with Gasteiger partial charge < -0.3 is 14.5 Å². The molecule has 1 heterocycles. The third-order valence-corrected chi connectivity index (χ3v) is 3.15. The Labute approximate surface area is 143 Å². The number of amides is 3. The monoisotopic (exact) mass is 346 g/mol. The summed E-state index contributed by atoms with van der Waals surface area (Å²) in [7, 11) is 1.36. The molecule has 9 nitrogen and oxygen atoms in total. The number of hydrogen-bond donors (Lipinski definition) is 2. The first-order valence-corrected chi connectivity index (χ1v) is 7.54. The number of carbonyl (C=O) groups excluding carboxylic acids is 3. The summed E-state index contributed by atoms with van der Waals surface area (Å²) < 4.78 is 10.2. The van der Waals surface area contributed by atoms with Crippen LogP contribution in [0.1, 0.15) is 17.9 Å². The minimum absolute atomic E-state index is 0.0250. The van der Waals surface area contributed by atoms with Crippen molar-refractivity contribution in [2.45, 2.75) is 19.8 Å². The lowest BCUT2D eigenvalue weighted by molar-refractivity contribution is -0.148. The molecule has 132 valence electrons. The highest BCUT2D eigenvalue weighted by Crippen LogP contribution is 2.18. The van der Waals surface area contributed by atoms with Crippen LogP contribution in [0.4, 0.5) is 4.79 Å². The molecule has 3 amide bonds. The summed E-state index contributed by atoms with van der Waals surface area (Å²) in [6, 6.07) is 6.93. The van der Waals surface area contributed by atoms with Crippen LogP contribution < -0.4 is 10.6 Å². The van der Waals surface area contributed by atoms with Gasteiger partial charge in [-0.1, -0.05) is 17.7 Å². The van der Waals surface area contributed by atoms with Gasteiger partial charge >= 0.3 is 12.0 Å². The minimum atomic E-state index is -0.716. The average Bonchev–Trinajstić information content (AvgIpc) is 3.07. The van der Waals surface area contributed by atoms with Gasteiger partial charge in [0.1, 0.15) is 0 Å². The highest BCUT2D eigenvalue weighted by molar-refractivity contribution is 5.95. The van der Waals surface area contributed by atoms with Crippen LogP contribution in [0.15, 0.2) is 28.7 Å². The predicted molar refractivity (Wildman–Crippen MR) is 86.3 cm³/mol. The second-order valence-corrected chi connectivity index (χ2v) is 5.15. The van der Waals surface area contributed by atoms with Gasteiger partial charge in [0, 0.05) is 19.0 Å². The number of carbonyl (C=O) groups is 3. The van der Waals surface area contributed by atoms with Crippen molar-refractivity contribution < 1.29 is 23.5 Å². The lowest BCUT2D eigenvalue weighted by Crippen LogP contribution is -2.39. The molecule has 0 radical (unpaired) electrons. The number of urea groups is 1. The minimum Gasteiger partial charge on any atom is -0.456 e. The fraction of sp³-hybridized carbons (Fsp3) is 0.312. The van der Waals surface area contributed by atoms with Gasteiger partial charge in [0.25, 0.3) is 5.91 Å². The summed E-state index contributed by atoms with van der Waals surface area (Å²) in [5, 5.41) is 12.0. The van der Waals surface area contributed by atoms with E-state index in [1.807, 2.05) is 36.5 Å². The predicted octanol–water partition coefficient (Wildman–Crippen LogP) is 0.976. The third kappa shape index (κ3) is 5.72. The largest absolute Gasteiger partial charge is 0.456 e. The molecule has 1 aromatic carbocycles. The van der Waals surface area contributed by atoms with Crippen LogP contribution in [-0.2, 0) is 20.7 Å². The molecule has 0 saturated carbocycles. The molecule has 0 aliphatic heterocycles. The van der Waals surface area contributed by atoms with Crippen LogP contribution in [0.25, 0.3) is 11.5 Å². The Hall–Kier alpha value is -3.23. The molecule has 0 aliphatic carbocycles. The van der Waals surface area contributed by atoms with Gasteiger partial charge in [-0.15, -0.1) is 10.2 Å². The molecule has 2 rings (SSSR count). The van der Waals surface area contributed by atoms with Crippen molar-refractivity contribution in [1.82, 2.24) is 20.8 Å². The summed E-state index contributed by atoms with van der Waals surface area (Å²) in [4.78, 5) is 33.8. The summed E-state index contributed by atoms with van der Waals surface area (Å²) in [6.45, 7) is 1.44. The van der Waals surface area contributed by atoms with Gasteiger partial charge in [0.15, 0.2) is 6.61 Å². The average molecular weight is 346 g/mol. The first-order valence-electron chi connectivity index (χ1n) is 7.54. The van der Waals surface area contributed by atoms with Crippen molar-refractivity contribution >= 4 is 17.9 Å². The smallest absolute Gasteiger partial charge is 0.321 e. The molecule has 0 saturated heterocycles. The summed E-state index contributed by atoms with van der Waals surface area (Å²) in [5.74, 6) is -0.662. The molecule has 2 N–H and O–H groups in total. The van der Waals surface area contributed by atoms with E-state index in [2.05, 4.69) is 15.5 Å². The van der Waals surface area contributed by atoms with E-state index in [0.717, 1.165) is 11.1 Å². The zero-order chi connectivity index (χ0) is 18.2. The van der Waals surface area contributed by atoms with Crippen LogP contribution in [0.3, 0.4) is 0 Å². The van der Waals surface area contributed by atoms with E-state index in [1.54, 1.807) is 0 Å². The Morgan fingerprint density at radius 3 is 2.56 bits per heavy atom. The van der Waals surface area contributed by atoms with E-state index in [0.29, 0.717) is 11.8 Å². The molecule has 0 spiro atoms. The number of rotatable bonds is 6. The van der Waals surface area contributed by atoms with E-state index >= 15 is 0 Å². The molecular formula is C16H18N4O5. The molecule has 1 aromatic heterocycles. The second kappa shape index (κ2) is 8.57. The van der Waals surface area contributed by atoms with Gasteiger partial charge in [-0.25, -0.2) is 4.79 Å². The number of nitrogens with one attached hydrogen (secondary N) is 2. The quantitative estimate of drug-likeness (QED) is 0.747. The lowest BCUT2D eigenvalue weighted by Gasteiger charge is -2.04. The highest BCUT2D eigenvalue weighted by Gasteiger charge is 2.13. The van der Waals surface area contributed by atoms with Crippen LogP contribution in [0.5, 0.6) is 0 Å². The van der Waals surface area contributed by atoms with Crippen LogP contribution in [-0.4, -0.2) is 41.8 Å². The molecule has 0 bridgehead atoms. The topological polar surface area (TPSA) is 123 Å². The standard InChI is InChI=1S/C16H18N4O5/c1-10-3-5-11(6-4-10)15-20-19-13(25-15)7-8-14(22)24-9-12(21)18-16(23)17-2/h3-6H,7-9H2,1-2H3,(H2,17,18,21,23). The third-order valence-electron chi connectivity index (χ3n) is 3.15. The van der Waals surface area contributed by atoms with Crippen molar-refractivity contribution in [2.24, 2.45) is 0 Å². The number of aromatic nitrogens is 2. The number of aryl methyl sites for hydroxylation is 2. The van der Waals surface area contributed by atoms with Crippen LogP contribution in [0, 0.1) is 6.92 Å². The molecule has 0 aliphatic rings. The Bertz CT molecular complexity index is 754. The SMILES string of the molecule is CNC(=O)NC(=O)COC(=O)CCc1nnc(-c2ccc(C)cc2)o1. The first-order chi connectivity index (χ1) is 12.0. The van der Waals surface area contributed by atoms with Crippen molar-refractivity contribution in [2.75, 3.05) is 13.7 Å². The molecule has 0 atom stereocenters. The van der Waals surface area contributed by atoms with Gasteiger partial charge in [-0.3, -0.25) is 14.9 Å². The molecule has 0 unspecified atom stereocenters. The van der Waals surface area contributed by atoms with Gasteiger partial charge in [-0.05, 0) is 19.1 Å². The number of ether oxygens (including phenoxy) is 1. The van der Waals surface area contributed by atoms with E-state index in [9.17, 15) is 14.4 Å². The lowest BCUT2D eigenvalue weighted by atomic mass is 10.1. The summed E-state index contributed by atoms with van der Waals surface area (Å²) >= 11 is 0. The normalized spacial score (nSPS) is 10.2. The number of nitrogens with zero attached hydrogens (tertiary/aromatic N) is 2. The number of esters is 1. The summed E-state index contributed by atoms with van der Waals surface area (Å²) in [5.41, 5.74) is 1.91. The number of benzene rings is 1. The Morgan fingerprint density at radius 1 is 1.16 bits per heavy atom. The van der Waals surface area contributed by atoms with Gasteiger partial charge in [-0.2, -0.15) is 0 Å². The molecule has 0 fully saturated rings. The summed E-state index contributed by atoms with van der Waals surface area (Å²) in [6.07, 6.45) is 0.164. The maximum absolute atomic E-state index is 11.6. The molecule has 9 heteroatoms. The van der Waals surface area contributed by atoms with Gasteiger partial charge in [0.05, 0.1) is 6.42 Å². The highest BCUT2D eigenvalue weighted by atomic mass is 16.5. The van der Waals surface area contributed by atoms with E-state index in [1.165, 1.54) is 7.05 Å². The zero-order valence-corrected chi connectivity index (χ0v) is 13.9. The number of hydrogen-bond acceptors (Lipinski definition) is 7. The van der Waals surface area contributed by atoms with Crippen LogP contribution in [0.2, 0.25) is 0 Å². The Kier molecular flexibility index (Phi) is 6.21. The Morgan fingerprint density at radius 2 is 1.88 bits per heavy atom. The Balaban J connectivity index is 1.78. The van der Waals surface area contributed by atoms with E-state index in [-0.39, 0.29) is 12.8 Å². The number of imide groups is 1. The molecule has 2 aromatic rings.